The third-order valence-corrected chi connectivity index (χ3v) is 8.58. The van der Waals surface area contributed by atoms with E-state index >= 15 is 0 Å². The zero-order chi connectivity index (χ0) is 21.1. The van der Waals surface area contributed by atoms with Crippen LogP contribution in [0.1, 0.15) is 23.3 Å². The largest absolute Gasteiger partial charge is 0.341 e. The van der Waals surface area contributed by atoms with Crippen LogP contribution in [0.4, 0.5) is 0 Å². The number of likely N-dealkylation sites (N-methyl/N-ethyl adjacent to an activating group) is 1. The molecule has 1 aromatic carbocycles. The van der Waals surface area contributed by atoms with Gasteiger partial charge in [0.1, 0.15) is 4.21 Å². The third-order valence-electron chi connectivity index (χ3n) is 5.12. The molecule has 0 saturated carbocycles. The summed E-state index contributed by atoms with van der Waals surface area (Å²) in [6.07, 6.45) is 5.65. The maximum absolute atomic E-state index is 12.7. The monoisotopic (exact) mass is 444 g/mol. The predicted molar refractivity (Wildman–Crippen MR) is 116 cm³/mol. The van der Waals surface area contributed by atoms with Crippen molar-refractivity contribution in [3.8, 4) is 5.69 Å². The Morgan fingerprint density at radius 2 is 1.87 bits per heavy atom. The van der Waals surface area contributed by atoms with Gasteiger partial charge in [0.25, 0.3) is 10.0 Å². The summed E-state index contributed by atoms with van der Waals surface area (Å²) < 4.78 is 28.9. The number of thiophene rings is 1. The quantitative estimate of drug-likeness (QED) is 0.562. The Balaban J connectivity index is 1.37. The van der Waals surface area contributed by atoms with E-state index in [4.69, 9.17) is 0 Å². The first-order valence-electron chi connectivity index (χ1n) is 9.85. The second-order valence-electron chi connectivity index (χ2n) is 7.39. The molecule has 0 radical (unpaired) electrons. The van der Waals surface area contributed by atoms with Crippen LogP contribution in [-0.2, 0) is 27.8 Å². The molecule has 1 aliphatic heterocycles. The zero-order valence-corrected chi connectivity index (χ0v) is 18.4. The Bertz CT molecular complexity index is 1120. The van der Waals surface area contributed by atoms with Gasteiger partial charge >= 0.3 is 0 Å². The lowest BCUT2D eigenvalue weighted by Gasteiger charge is -2.15. The number of aromatic nitrogens is 2. The second-order valence-corrected chi connectivity index (χ2v) is 10.7. The van der Waals surface area contributed by atoms with Crippen LogP contribution >= 0.6 is 11.3 Å². The first-order chi connectivity index (χ1) is 14.4. The zero-order valence-electron chi connectivity index (χ0n) is 16.8. The van der Waals surface area contributed by atoms with Gasteiger partial charge in [-0.3, -0.25) is 4.79 Å². The van der Waals surface area contributed by atoms with Crippen LogP contribution in [0, 0.1) is 0 Å². The maximum Gasteiger partial charge on any atom is 0.252 e. The van der Waals surface area contributed by atoms with Crippen LogP contribution in [0.2, 0.25) is 0 Å². The van der Waals surface area contributed by atoms with E-state index in [1.165, 1.54) is 15.6 Å². The molecule has 2 aromatic heterocycles. The number of carbonyl (C=O) groups excluding carboxylic acids is 1. The van der Waals surface area contributed by atoms with Crippen molar-refractivity contribution < 1.29 is 13.2 Å². The van der Waals surface area contributed by atoms with Crippen LogP contribution in [0.15, 0.2) is 59.1 Å². The van der Waals surface area contributed by atoms with Crippen molar-refractivity contribution in [2.75, 3.05) is 20.1 Å². The normalized spacial score (nSPS) is 14.8. The molecule has 0 N–H and O–H groups in total. The van der Waals surface area contributed by atoms with Crippen molar-refractivity contribution in [1.29, 1.82) is 0 Å². The number of carbonyl (C=O) groups is 1. The van der Waals surface area contributed by atoms with Crippen LogP contribution in [0.25, 0.3) is 5.69 Å². The van der Waals surface area contributed by atoms with Crippen LogP contribution < -0.4 is 0 Å². The molecule has 30 heavy (non-hydrogen) atoms. The van der Waals surface area contributed by atoms with Gasteiger partial charge in [0, 0.05) is 43.3 Å². The smallest absolute Gasteiger partial charge is 0.252 e. The van der Waals surface area contributed by atoms with Crippen molar-refractivity contribution in [2.45, 2.75) is 30.0 Å². The Kier molecular flexibility index (Phi) is 6.03. The molecular weight excluding hydrogens is 420 g/mol. The van der Waals surface area contributed by atoms with Gasteiger partial charge in [0.2, 0.25) is 5.91 Å². The van der Waals surface area contributed by atoms with E-state index < -0.39 is 10.0 Å². The average molecular weight is 445 g/mol. The lowest BCUT2D eigenvalue weighted by Crippen LogP contribution is -2.27. The van der Waals surface area contributed by atoms with Crippen molar-refractivity contribution in [3.63, 3.8) is 0 Å². The topological polar surface area (TPSA) is 75.5 Å². The number of benzene rings is 1. The molecule has 0 spiro atoms. The van der Waals surface area contributed by atoms with Gasteiger partial charge in [-0.1, -0.05) is 18.2 Å². The third kappa shape index (κ3) is 4.48. The van der Waals surface area contributed by atoms with Gasteiger partial charge in [-0.2, -0.15) is 9.40 Å². The summed E-state index contributed by atoms with van der Waals surface area (Å²) in [4.78, 5) is 15.0. The molecule has 0 aliphatic carbocycles. The number of rotatable bonds is 7. The number of amides is 1. The van der Waals surface area contributed by atoms with Crippen molar-refractivity contribution in [2.24, 2.45) is 0 Å². The van der Waals surface area contributed by atoms with Crippen LogP contribution in [0.5, 0.6) is 0 Å². The molecule has 9 heteroatoms. The Hall–Kier alpha value is -2.49. The van der Waals surface area contributed by atoms with E-state index in [2.05, 4.69) is 5.10 Å². The maximum atomic E-state index is 12.7. The van der Waals surface area contributed by atoms with Gasteiger partial charge < -0.3 is 4.90 Å². The van der Waals surface area contributed by atoms with E-state index in [9.17, 15) is 13.2 Å². The SMILES string of the molecule is CN(Cc1cnn(-c2ccccc2)c1)C(=O)Cc1ccc(S(=O)(=O)N2CCCC2)s1. The van der Waals surface area contributed by atoms with Gasteiger partial charge in [-0.25, -0.2) is 13.1 Å². The highest BCUT2D eigenvalue weighted by Crippen LogP contribution is 2.27. The minimum absolute atomic E-state index is 0.0607. The molecule has 0 bridgehead atoms. The molecule has 0 unspecified atom stereocenters. The molecule has 1 fully saturated rings. The molecule has 0 atom stereocenters. The molecular formula is C21H24N4O3S2. The number of hydrogen-bond donors (Lipinski definition) is 0. The molecule has 1 amide bonds. The highest BCUT2D eigenvalue weighted by Gasteiger charge is 2.28. The van der Waals surface area contributed by atoms with Gasteiger partial charge in [0.15, 0.2) is 0 Å². The minimum atomic E-state index is -3.43. The lowest BCUT2D eigenvalue weighted by atomic mass is 10.3. The Morgan fingerprint density at radius 3 is 2.60 bits per heavy atom. The number of sulfonamides is 1. The Labute approximate surface area is 180 Å². The fraction of sp³-hybridized carbons (Fsp3) is 0.333. The summed E-state index contributed by atoms with van der Waals surface area (Å²) >= 11 is 1.19. The van der Waals surface area contributed by atoms with Crippen molar-refractivity contribution in [3.05, 3.63) is 65.3 Å². The molecule has 7 nitrogen and oxygen atoms in total. The van der Waals surface area contributed by atoms with Crippen molar-refractivity contribution in [1.82, 2.24) is 19.0 Å². The lowest BCUT2D eigenvalue weighted by molar-refractivity contribution is -0.129. The minimum Gasteiger partial charge on any atom is -0.341 e. The number of nitrogens with zero attached hydrogens (tertiary/aromatic N) is 4. The highest BCUT2D eigenvalue weighted by atomic mass is 32.2. The second kappa shape index (κ2) is 8.71. The van der Waals surface area contributed by atoms with E-state index in [1.54, 1.807) is 35.0 Å². The van der Waals surface area contributed by atoms with Gasteiger partial charge in [-0.15, -0.1) is 11.3 Å². The van der Waals surface area contributed by atoms with Gasteiger partial charge in [0.05, 0.1) is 18.3 Å². The number of para-hydroxylation sites is 1. The van der Waals surface area contributed by atoms with E-state index in [1.807, 2.05) is 36.5 Å². The van der Waals surface area contributed by atoms with Gasteiger partial charge in [-0.05, 0) is 37.1 Å². The summed E-state index contributed by atoms with van der Waals surface area (Å²) in [7, 11) is -1.68. The summed E-state index contributed by atoms with van der Waals surface area (Å²) in [5, 5.41) is 4.36. The highest BCUT2D eigenvalue weighted by molar-refractivity contribution is 7.91. The molecule has 158 valence electrons. The van der Waals surface area contributed by atoms with Crippen molar-refractivity contribution >= 4 is 27.3 Å². The molecule has 4 rings (SSSR count). The summed E-state index contributed by atoms with van der Waals surface area (Å²) in [6.45, 7) is 1.60. The van der Waals surface area contributed by atoms with E-state index in [0.717, 1.165) is 29.0 Å². The molecule has 3 heterocycles. The molecule has 1 saturated heterocycles. The fourth-order valence-electron chi connectivity index (χ4n) is 3.46. The first kappa shape index (κ1) is 20.8. The molecule has 3 aromatic rings. The average Bonchev–Trinajstić information content (AvgIpc) is 3.50. The first-order valence-corrected chi connectivity index (χ1v) is 12.1. The molecule has 1 aliphatic rings. The fourth-order valence-corrected chi connectivity index (χ4v) is 6.48. The Morgan fingerprint density at radius 1 is 1.13 bits per heavy atom. The van der Waals surface area contributed by atoms with E-state index in [0.29, 0.717) is 23.8 Å². The summed E-state index contributed by atoms with van der Waals surface area (Å²) in [6, 6.07) is 13.1. The summed E-state index contributed by atoms with van der Waals surface area (Å²) in [5.41, 5.74) is 1.89. The van der Waals surface area contributed by atoms with E-state index in [-0.39, 0.29) is 12.3 Å². The van der Waals surface area contributed by atoms with Crippen LogP contribution in [-0.4, -0.2) is 53.4 Å². The summed E-state index contributed by atoms with van der Waals surface area (Å²) in [5.74, 6) is -0.0607. The number of hydrogen-bond acceptors (Lipinski definition) is 5. The standard InChI is InChI=1S/C21H24N4O3S2/c1-23(15-17-14-22-25(16-17)18-7-3-2-4-8-18)20(26)13-19-9-10-21(29-19)30(27,28)24-11-5-6-12-24/h2-4,7-10,14,16H,5-6,11-13,15H2,1H3. The van der Waals surface area contributed by atoms with Crippen LogP contribution in [0.3, 0.4) is 0 Å². The predicted octanol–water partition coefficient (Wildman–Crippen LogP) is 2.92.